The molecule has 0 unspecified atom stereocenters. The maximum atomic E-state index is 13.3. The Morgan fingerprint density at radius 3 is 0.979 bits per heavy atom. The summed E-state index contributed by atoms with van der Waals surface area (Å²) in [7, 11) is 0. The zero-order valence-corrected chi connectivity index (χ0v) is 26.9. The first kappa shape index (κ1) is 35.5. The Morgan fingerprint density at radius 1 is 0.417 bits per heavy atom. The molecule has 250 valence electrons. The minimum Gasteiger partial charge on any atom is -0.353 e. The van der Waals surface area contributed by atoms with Gasteiger partial charge in [0.2, 0.25) is 23.6 Å². The molecule has 10 heteroatoms. The molecular weight excluding hydrogens is 604 g/mol. The number of nitrogens with one attached hydrogen (secondary N) is 4. The SMILES string of the molecule is N[C@H](Cc1ccccc1)C(=O)N[C@@H](Cc1ccccc1)C(=O)NCCNC(=O)[C@H](Cc1ccccc1)NC(=O)[C@H](N)Cc1ccccc1. The van der Waals surface area contributed by atoms with E-state index in [0.29, 0.717) is 12.8 Å². The van der Waals surface area contributed by atoms with Gasteiger partial charge in [-0.05, 0) is 35.1 Å². The molecule has 0 heterocycles. The summed E-state index contributed by atoms with van der Waals surface area (Å²) >= 11 is 0. The largest absolute Gasteiger partial charge is 0.353 e. The number of hydrogen-bond acceptors (Lipinski definition) is 6. The van der Waals surface area contributed by atoms with E-state index in [4.69, 9.17) is 11.5 Å². The summed E-state index contributed by atoms with van der Waals surface area (Å²) in [5.41, 5.74) is 16.0. The van der Waals surface area contributed by atoms with Gasteiger partial charge in [0.05, 0.1) is 12.1 Å². The second kappa shape index (κ2) is 18.7. The minimum atomic E-state index is -0.881. The molecule has 0 bridgehead atoms. The monoisotopic (exact) mass is 648 g/mol. The highest BCUT2D eigenvalue weighted by Crippen LogP contribution is 2.08. The number of hydrogen-bond donors (Lipinski definition) is 6. The quantitative estimate of drug-likeness (QED) is 0.0955. The summed E-state index contributed by atoms with van der Waals surface area (Å²) in [6, 6.07) is 34.1. The lowest BCUT2D eigenvalue weighted by Gasteiger charge is -2.22. The molecule has 4 amide bonds. The lowest BCUT2D eigenvalue weighted by Crippen LogP contribution is -2.55. The second-order valence-electron chi connectivity index (χ2n) is 11.7. The zero-order chi connectivity index (χ0) is 34.1. The molecule has 8 N–H and O–H groups in total. The fourth-order valence-corrected chi connectivity index (χ4v) is 5.21. The smallest absolute Gasteiger partial charge is 0.242 e. The van der Waals surface area contributed by atoms with Crippen LogP contribution >= 0.6 is 0 Å². The van der Waals surface area contributed by atoms with Gasteiger partial charge in [0.1, 0.15) is 12.1 Å². The summed E-state index contributed by atoms with van der Waals surface area (Å²) in [6.45, 7) is 0.197. The molecule has 4 aromatic carbocycles. The van der Waals surface area contributed by atoms with Gasteiger partial charge >= 0.3 is 0 Å². The number of amides is 4. The van der Waals surface area contributed by atoms with Crippen LogP contribution < -0.4 is 32.7 Å². The molecule has 4 rings (SSSR count). The number of benzene rings is 4. The van der Waals surface area contributed by atoms with E-state index in [1.807, 2.05) is 121 Å². The van der Waals surface area contributed by atoms with E-state index in [9.17, 15) is 19.2 Å². The molecule has 4 atom stereocenters. The molecule has 10 nitrogen and oxygen atoms in total. The van der Waals surface area contributed by atoms with E-state index in [1.54, 1.807) is 0 Å². The van der Waals surface area contributed by atoms with Crippen molar-refractivity contribution in [2.24, 2.45) is 11.5 Å². The van der Waals surface area contributed by atoms with Gasteiger partial charge in [0.25, 0.3) is 0 Å². The third-order valence-corrected chi connectivity index (χ3v) is 7.83. The van der Waals surface area contributed by atoms with Gasteiger partial charge in [-0.1, -0.05) is 121 Å². The second-order valence-corrected chi connectivity index (χ2v) is 11.7. The van der Waals surface area contributed by atoms with E-state index < -0.39 is 47.8 Å². The molecule has 0 aromatic heterocycles. The normalized spacial score (nSPS) is 13.3. The van der Waals surface area contributed by atoms with E-state index >= 15 is 0 Å². The summed E-state index contributed by atoms with van der Waals surface area (Å²) in [5.74, 6) is -1.69. The number of nitrogens with two attached hydrogens (primary N) is 2. The Kier molecular flexibility index (Phi) is 13.9. The molecule has 0 saturated carbocycles. The predicted octanol–water partition coefficient (Wildman–Crippen LogP) is 1.81. The zero-order valence-electron chi connectivity index (χ0n) is 26.9. The van der Waals surface area contributed by atoms with Gasteiger partial charge in [-0.2, -0.15) is 0 Å². The average molecular weight is 649 g/mol. The van der Waals surface area contributed by atoms with Gasteiger partial charge in [-0.15, -0.1) is 0 Å². The maximum Gasteiger partial charge on any atom is 0.242 e. The number of carbonyl (C=O) groups excluding carboxylic acids is 4. The van der Waals surface area contributed by atoms with Crippen LogP contribution in [0.5, 0.6) is 0 Å². The maximum absolute atomic E-state index is 13.3. The summed E-state index contributed by atoms with van der Waals surface area (Å²) < 4.78 is 0. The first-order valence-electron chi connectivity index (χ1n) is 16.1. The third-order valence-electron chi connectivity index (χ3n) is 7.83. The van der Waals surface area contributed by atoms with Crippen LogP contribution in [0.2, 0.25) is 0 Å². The first-order valence-corrected chi connectivity index (χ1v) is 16.1. The fraction of sp³-hybridized carbons (Fsp3) is 0.263. The minimum absolute atomic E-state index is 0.0985. The van der Waals surface area contributed by atoms with E-state index in [1.165, 1.54) is 0 Å². The topological polar surface area (TPSA) is 168 Å². The number of rotatable bonds is 17. The molecule has 0 radical (unpaired) electrons. The predicted molar refractivity (Wildman–Crippen MR) is 186 cm³/mol. The van der Waals surface area contributed by atoms with Gasteiger partial charge in [0.15, 0.2) is 0 Å². The molecule has 48 heavy (non-hydrogen) atoms. The van der Waals surface area contributed by atoms with Crippen LogP contribution in [0.4, 0.5) is 0 Å². The van der Waals surface area contributed by atoms with Crippen LogP contribution in [0.3, 0.4) is 0 Å². The van der Waals surface area contributed by atoms with Crippen LogP contribution in [0.1, 0.15) is 22.3 Å². The van der Waals surface area contributed by atoms with Crippen molar-refractivity contribution in [1.82, 2.24) is 21.3 Å². The summed E-state index contributed by atoms with van der Waals surface area (Å²) in [4.78, 5) is 52.6. The standard InChI is InChI=1S/C38H44N6O4/c39-31(23-27-13-5-1-6-14-27)35(45)43-33(25-29-17-9-3-10-18-29)37(47)41-21-22-42-38(48)34(26-30-19-11-4-12-20-30)44-36(46)32(40)24-28-15-7-2-8-16-28/h1-20,31-34H,21-26,39-40H2,(H,41,47)(H,42,48)(H,43,45)(H,44,46)/t31-,32-,33+,34+/m1/s1. The summed E-state index contributed by atoms with van der Waals surface area (Å²) in [6.07, 6.45) is 1.18. The molecule has 0 aliphatic carbocycles. The van der Waals surface area contributed by atoms with Crippen molar-refractivity contribution in [2.75, 3.05) is 13.1 Å². The van der Waals surface area contributed by atoms with Crippen molar-refractivity contribution >= 4 is 23.6 Å². The molecule has 0 aliphatic heterocycles. The molecule has 4 aromatic rings. The van der Waals surface area contributed by atoms with Gasteiger partial charge in [-0.3, -0.25) is 19.2 Å². The van der Waals surface area contributed by atoms with Crippen molar-refractivity contribution in [1.29, 1.82) is 0 Å². The Morgan fingerprint density at radius 2 is 0.688 bits per heavy atom. The van der Waals surface area contributed by atoms with E-state index in [0.717, 1.165) is 22.3 Å². The van der Waals surface area contributed by atoms with Crippen LogP contribution in [0.25, 0.3) is 0 Å². The lowest BCUT2D eigenvalue weighted by atomic mass is 10.0. The van der Waals surface area contributed by atoms with Crippen LogP contribution in [0, 0.1) is 0 Å². The highest BCUT2D eigenvalue weighted by atomic mass is 16.2. The van der Waals surface area contributed by atoms with Crippen LogP contribution in [-0.4, -0.2) is 60.9 Å². The van der Waals surface area contributed by atoms with Crippen molar-refractivity contribution < 1.29 is 19.2 Å². The average Bonchev–Trinajstić information content (AvgIpc) is 3.11. The Hall–Kier alpha value is -5.32. The first-order chi connectivity index (χ1) is 23.3. The molecule has 0 spiro atoms. The molecule has 0 aliphatic rings. The van der Waals surface area contributed by atoms with Gasteiger partial charge in [0, 0.05) is 25.9 Å². The molecular formula is C38H44N6O4. The Balaban J connectivity index is 1.33. The van der Waals surface area contributed by atoms with Crippen molar-refractivity contribution in [2.45, 2.75) is 49.9 Å². The lowest BCUT2D eigenvalue weighted by molar-refractivity contribution is -0.130. The van der Waals surface area contributed by atoms with Crippen LogP contribution in [-0.2, 0) is 44.9 Å². The van der Waals surface area contributed by atoms with E-state index in [2.05, 4.69) is 21.3 Å². The van der Waals surface area contributed by atoms with Crippen molar-refractivity contribution in [3.63, 3.8) is 0 Å². The van der Waals surface area contributed by atoms with Gasteiger partial charge < -0.3 is 32.7 Å². The fourth-order valence-electron chi connectivity index (χ4n) is 5.21. The van der Waals surface area contributed by atoms with Crippen molar-refractivity contribution in [3.8, 4) is 0 Å². The molecule has 0 fully saturated rings. The highest BCUT2D eigenvalue weighted by molar-refractivity contribution is 5.91. The Labute approximate surface area is 281 Å². The highest BCUT2D eigenvalue weighted by Gasteiger charge is 2.26. The van der Waals surface area contributed by atoms with Crippen LogP contribution in [0.15, 0.2) is 121 Å². The Bertz CT molecular complexity index is 1470. The van der Waals surface area contributed by atoms with Crippen molar-refractivity contribution in [3.05, 3.63) is 144 Å². The molecule has 0 saturated heterocycles. The summed E-state index contributed by atoms with van der Waals surface area (Å²) in [5, 5.41) is 11.2. The van der Waals surface area contributed by atoms with E-state index in [-0.39, 0.29) is 25.9 Å². The number of carbonyl (C=O) groups is 4. The third kappa shape index (κ3) is 11.8. The van der Waals surface area contributed by atoms with Gasteiger partial charge in [-0.25, -0.2) is 0 Å².